The van der Waals surface area contributed by atoms with Crippen LogP contribution in [0.5, 0.6) is 0 Å². The number of carbonyl (C=O) groups is 1. The van der Waals surface area contributed by atoms with E-state index in [0.29, 0.717) is 12.1 Å². The van der Waals surface area contributed by atoms with Gasteiger partial charge >= 0.3 is 5.97 Å². The van der Waals surface area contributed by atoms with Crippen LogP contribution in [0.2, 0.25) is 0 Å². The van der Waals surface area contributed by atoms with Crippen molar-refractivity contribution in [2.24, 2.45) is 0 Å². The number of rotatable bonds is 3. The normalized spacial score (nSPS) is 20.7. The second-order valence-electron chi connectivity index (χ2n) is 4.17. The first-order valence-electron chi connectivity index (χ1n) is 5.18. The predicted molar refractivity (Wildman–Crippen MR) is 57.8 cm³/mol. The van der Waals surface area contributed by atoms with E-state index in [1.54, 1.807) is 0 Å². The van der Waals surface area contributed by atoms with Gasteiger partial charge in [0.05, 0.1) is 0 Å². The fraction of sp³-hybridized carbons (Fsp3) is 0.600. The fourth-order valence-corrected chi connectivity index (χ4v) is 1.84. The van der Waals surface area contributed by atoms with Crippen LogP contribution >= 0.6 is 0 Å². The van der Waals surface area contributed by atoms with Crippen LogP contribution < -0.4 is 4.90 Å². The van der Waals surface area contributed by atoms with E-state index in [-0.39, 0.29) is 5.69 Å². The van der Waals surface area contributed by atoms with Crippen molar-refractivity contribution < 1.29 is 14.3 Å². The van der Waals surface area contributed by atoms with Gasteiger partial charge in [-0.25, -0.2) is 4.79 Å². The Balaban J connectivity index is 2.06. The topological polar surface area (TPSA) is 69.8 Å². The van der Waals surface area contributed by atoms with Crippen LogP contribution in [0.3, 0.4) is 0 Å². The summed E-state index contributed by atoms with van der Waals surface area (Å²) >= 11 is 0. The van der Waals surface area contributed by atoms with E-state index in [1.165, 1.54) is 6.26 Å². The molecule has 1 aromatic rings. The van der Waals surface area contributed by atoms with Crippen molar-refractivity contribution >= 4 is 12.0 Å². The SMILES string of the molecule is CN(C)C1CCN(c2nc(C(=O)O)co2)C1. The van der Waals surface area contributed by atoms with Gasteiger partial charge < -0.3 is 19.3 Å². The zero-order valence-electron chi connectivity index (χ0n) is 9.38. The maximum atomic E-state index is 10.7. The maximum absolute atomic E-state index is 10.7. The lowest BCUT2D eigenvalue weighted by molar-refractivity contribution is 0.0690. The summed E-state index contributed by atoms with van der Waals surface area (Å²) in [6, 6.07) is 0.877. The van der Waals surface area contributed by atoms with Crippen molar-refractivity contribution in [1.82, 2.24) is 9.88 Å². The van der Waals surface area contributed by atoms with Crippen LogP contribution in [0.4, 0.5) is 6.01 Å². The highest BCUT2D eigenvalue weighted by Gasteiger charge is 2.27. The molecule has 1 aliphatic rings. The van der Waals surface area contributed by atoms with Crippen molar-refractivity contribution in [2.45, 2.75) is 12.5 Å². The number of oxazole rings is 1. The van der Waals surface area contributed by atoms with Crippen molar-refractivity contribution in [3.63, 3.8) is 0 Å². The summed E-state index contributed by atoms with van der Waals surface area (Å²) < 4.78 is 5.15. The number of anilines is 1. The Hall–Kier alpha value is -1.56. The Bertz CT molecular complexity index is 388. The highest BCUT2D eigenvalue weighted by Crippen LogP contribution is 2.21. The molecule has 1 atom stereocenters. The molecule has 6 nitrogen and oxygen atoms in total. The molecule has 0 saturated carbocycles. The number of aromatic carboxylic acids is 1. The molecule has 1 fully saturated rings. The Kier molecular flexibility index (Phi) is 2.82. The van der Waals surface area contributed by atoms with Crippen molar-refractivity contribution in [2.75, 3.05) is 32.1 Å². The van der Waals surface area contributed by atoms with Gasteiger partial charge in [-0.15, -0.1) is 0 Å². The molecule has 2 rings (SSSR count). The lowest BCUT2D eigenvalue weighted by atomic mass is 10.2. The van der Waals surface area contributed by atoms with E-state index in [2.05, 4.69) is 9.88 Å². The van der Waals surface area contributed by atoms with Crippen LogP contribution in [-0.2, 0) is 0 Å². The number of nitrogens with zero attached hydrogens (tertiary/aromatic N) is 3. The van der Waals surface area contributed by atoms with Crippen LogP contribution in [0.25, 0.3) is 0 Å². The van der Waals surface area contributed by atoms with Gasteiger partial charge in [0.2, 0.25) is 0 Å². The molecule has 0 radical (unpaired) electrons. The maximum Gasteiger partial charge on any atom is 0.357 e. The monoisotopic (exact) mass is 225 g/mol. The van der Waals surface area contributed by atoms with Gasteiger partial charge in [-0.3, -0.25) is 0 Å². The van der Waals surface area contributed by atoms with Gasteiger partial charge in [0.25, 0.3) is 6.01 Å². The Morgan fingerprint density at radius 3 is 2.94 bits per heavy atom. The van der Waals surface area contributed by atoms with Crippen molar-refractivity contribution in [1.29, 1.82) is 0 Å². The molecule has 0 amide bonds. The lowest BCUT2D eigenvalue weighted by Crippen LogP contribution is -2.31. The summed E-state index contributed by atoms with van der Waals surface area (Å²) in [7, 11) is 4.07. The molecule has 6 heteroatoms. The van der Waals surface area contributed by atoms with Gasteiger partial charge in [0.1, 0.15) is 6.26 Å². The average Bonchev–Trinajstić information content (AvgIpc) is 2.86. The fourth-order valence-electron chi connectivity index (χ4n) is 1.84. The quantitative estimate of drug-likeness (QED) is 0.808. The number of hydrogen-bond donors (Lipinski definition) is 1. The highest BCUT2D eigenvalue weighted by atomic mass is 16.4. The average molecular weight is 225 g/mol. The largest absolute Gasteiger partial charge is 0.476 e. The molecule has 1 aromatic heterocycles. The molecule has 0 spiro atoms. The third-order valence-corrected chi connectivity index (χ3v) is 2.88. The molecular weight excluding hydrogens is 210 g/mol. The second kappa shape index (κ2) is 4.13. The molecule has 1 saturated heterocycles. The lowest BCUT2D eigenvalue weighted by Gasteiger charge is -2.19. The van der Waals surface area contributed by atoms with E-state index in [0.717, 1.165) is 19.5 Å². The van der Waals surface area contributed by atoms with Crippen LogP contribution in [0, 0.1) is 0 Å². The molecule has 16 heavy (non-hydrogen) atoms. The first-order valence-corrected chi connectivity index (χ1v) is 5.18. The van der Waals surface area contributed by atoms with E-state index in [1.807, 2.05) is 19.0 Å². The predicted octanol–water partition coefficient (Wildman–Crippen LogP) is 0.513. The van der Waals surface area contributed by atoms with E-state index in [4.69, 9.17) is 9.52 Å². The second-order valence-corrected chi connectivity index (χ2v) is 4.17. The number of carboxylic acid groups (broad SMARTS) is 1. The number of likely N-dealkylation sites (N-methyl/N-ethyl adjacent to an activating group) is 1. The van der Waals surface area contributed by atoms with Crippen molar-refractivity contribution in [3.8, 4) is 0 Å². The minimum atomic E-state index is -1.06. The van der Waals surface area contributed by atoms with Crippen molar-refractivity contribution in [3.05, 3.63) is 12.0 Å². The Labute approximate surface area is 93.5 Å². The smallest absolute Gasteiger partial charge is 0.357 e. The molecule has 0 aromatic carbocycles. The van der Waals surface area contributed by atoms with Crippen LogP contribution in [0.1, 0.15) is 16.9 Å². The summed E-state index contributed by atoms with van der Waals surface area (Å²) in [6.07, 6.45) is 2.22. The zero-order chi connectivity index (χ0) is 11.7. The molecule has 1 unspecified atom stereocenters. The first-order chi connectivity index (χ1) is 7.58. The minimum absolute atomic E-state index is 0.0386. The zero-order valence-corrected chi connectivity index (χ0v) is 9.38. The standard InChI is InChI=1S/C10H15N3O3/c1-12(2)7-3-4-13(5-7)10-11-8(6-16-10)9(14)15/h6-7H,3-5H2,1-2H3,(H,14,15). The summed E-state index contributed by atoms with van der Waals surface area (Å²) in [5.74, 6) is -1.06. The van der Waals surface area contributed by atoms with E-state index >= 15 is 0 Å². The molecule has 0 aliphatic carbocycles. The van der Waals surface area contributed by atoms with Gasteiger partial charge in [0, 0.05) is 19.1 Å². The first kappa shape index (κ1) is 10.9. The number of aromatic nitrogens is 1. The molecule has 2 heterocycles. The molecular formula is C10H15N3O3. The van der Waals surface area contributed by atoms with E-state index in [9.17, 15) is 4.79 Å². The summed E-state index contributed by atoms with van der Waals surface area (Å²) in [5, 5.41) is 8.73. The van der Waals surface area contributed by atoms with Crippen LogP contribution in [0.15, 0.2) is 10.7 Å². The number of hydrogen-bond acceptors (Lipinski definition) is 5. The molecule has 88 valence electrons. The molecule has 0 bridgehead atoms. The van der Waals surface area contributed by atoms with Gasteiger partial charge in [-0.05, 0) is 20.5 Å². The van der Waals surface area contributed by atoms with Crippen LogP contribution in [-0.4, -0.2) is 54.2 Å². The summed E-state index contributed by atoms with van der Waals surface area (Å²) in [6.45, 7) is 1.68. The summed E-state index contributed by atoms with van der Waals surface area (Å²) in [4.78, 5) is 18.7. The Morgan fingerprint density at radius 2 is 2.44 bits per heavy atom. The van der Waals surface area contributed by atoms with E-state index < -0.39 is 5.97 Å². The highest BCUT2D eigenvalue weighted by molar-refractivity contribution is 5.85. The minimum Gasteiger partial charge on any atom is -0.476 e. The molecule has 1 aliphatic heterocycles. The third-order valence-electron chi connectivity index (χ3n) is 2.88. The third kappa shape index (κ3) is 2.01. The van der Waals surface area contributed by atoms with Gasteiger partial charge in [-0.1, -0.05) is 0 Å². The molecule has 1 N–H and O–H groups in total. The summed E-state index contributed by atoms with van der Waals surface area (Å²) in [5.41, 5.74) is -0.0386. The Morgan fingerprint density at radius 1 is 1.69 bits per heavy atom. The number of carboxylic acids is 1. The van der Waals surface area contributed by atoms with Gasteiger partial charge in [-0.2, -0.15) is 4.98 Å². The van der Waals surface area contributed by atoms with Gasteiger partial charge in [0.15, 0.2) is 5.69 Å².